The van der Waals surface area contributed by atoms with Crippen LogP contribution < -0.4 is 10.0 Å². The average molecular weight is 345 g/mol. The third kappa shape index (κ3) is 3.77. The van der Waals surface area contributed by atoms with Gasteiger partial charge in [-0.2, -0.15) is 0 Å². The zero-order valence-corrected chi connectivity index (χ0v) is 14.4. The van der Waals surface area contributed by atoms with Gasteiger partial charge in [-0.05, 0) is 44.7 Å². The van der Waals surface area contributed by atoms with E-state index in [9.17, 15) is 8.42 Å². The molecule has 0 spiro atoms. The summed E-state index contributed by atoms with van der Waals surface area (Å²) < 4.78 is 27.7. The van der Waals surface area contributed by atoms with E-state index in [-0.39, 0.29) is 0 Å². The smallest absolute Gasteiger partial charge is 0.263 e. The molecule has 0 aliphatic rings. The van der Waals surface area contributed by atoms with Crippen LogP contribution in [0.5, 0.6) is 0 Å². The maximum absolute atomic E-state index is 12.5. The van der Waals surface area contributed by atoms with E-state index in [0.29, 0.717) is 22.2 Å². The van der Waals surface area contributed by atoms with E-state index in [2.05, 4.69) is 10.0 Å². The molecule has 2 aromatic rings. The second-order valence-corrected chi connectivity index (χ2v) is 8.16. The summed E-state index contributed by atoms with van der Waals surface area (Å²) in [4.78, 5) is 2.07. The number of halogens is 1. The van der Waals surface area contributed by atoms with Gasteiger partial charge in [0.15, 0.2) is 0 Å². The van der Waals surface area contributed by atoms with Crippen LogP contribution in [0.2, 0.25) is 5.02 Å². The molecule has 7 heteroatoms. The molecule has 2 rings (SSSR count). The fourth-order valence-corrected chi connectivity index (χ4v) is 4.90. The summed E-state index contributed by atoms with van der Waals surface area (Å²) in [7, 11) is -1.78. The molecule has 0 fully saturated rings. The first-order valence-electron chi connectivity index (χ1n) is 6.36. The molecule has 1 aromatic carbocycles. The number of sulfonamides is 1. The summed E-state index contributed by atoms with van der Waals surface area (Å²) in [5.41, 5.74) is 1.33. The summed E-state index contributed by atoms with van der Waals surface area (Å²) in [6, 6.07) is 6.84. The predicted octanol–water partition coefficient (Wildman–Crippen LogP) is 3.54. The number of hydrogen-bond acceptors (Lipinski definition) is 4. The van der Waals surface area contributed by atoms with E-state index in [1.807, 2.05) is 20.9 Å². The van der Waals surface area contributed by atoms with Crippen LogP contribution in [0.4, 0.5) is 5.69 Å². The van der Waals surface area contributed by atoms with E-state index in [1.54, 1.807) is 24.3 Å². The van der Waals surface area contributed by atoms with Crippen LogP contribution in [-0.4, -0.2) is 15.5 Å². The minimum Gasteiger partial charge on any atom is -0.315 e. The van der Waals surface area contributed by atoms with Crippen molar-refractivity contribution in [3.8, 4) is 0 Å². The fourth-order valence-electron chi connectivity index (χ4n) is 1.96. The zero-order chi connectivity index (χ0) is 15.6. The van der Waals surface area contributed by atoms with Crippen LogP contribution in [-0.2, 0) is 16.6 Å². The van der Waals surface area contributed by atoms with Crippen LogP contribution in [0.15, 0.2) is 29.2 Å². The second kappa shape index (κ2) is 6.36. The van der Waals surface area contributed by atoms with Gasteiger partial charge in [-0.3, -0.25) is 4.72 Å². The molecule has 4 nitrogen and oxygen atoms in total. The lowest BCUT2D eigenvalue weighted by Gasteiger charge is -2.10. The van der Waals surface area contributed by atoms with Crippen molar-refractivity contribution in [2.45, 2.75) is 25.3 Å². The molecule has 0 amide bonds. The van der Waals surface area contributed by atoms with Crippen molar-refractivity contribution in [2.24, 2.45) is 0 Å². The quantitative estimate of drug-likeness (QED) is 0.872. The normalized spacial score (nSPS) is 11.6. The van der Waals surface area contributed by atoms with Gasteiger partial charge >= 0.3 is 0 Å². The van der Waals surface area contributed by atoms with Crippen molar-refractivity contribution >= 4 is 38.6 Å². The van der Waals surface area contributed by atoms with Gasteiger partial charge in [0.2, 0.25) is 0 Å². The van der Waals surface area contributed by atoms with Crippen molar-refractivity contribution in [1.82, 2.24) is 5.32 Å². The van der Waals surface area contributed by atoms with Crippen LogP contribution >= 0.6 is 22.9 Å². The third-order valence-electron chi connectivity index (χ3n) is 3.01. The molecule has 0 aliphatic carbocycles. The Kier molecular flexibility index (Phi) is 4.93. The number of thiophene rings is 1. The highest BCUT2D eigenvalue weighted by Crippen LogP contribution is 2.29. The van der Waals surface area contributed by atoms with Crippen molar-refractivity contribution < 1.29 is 8.42 Å². The van der Waals surface area contributed by atoms with E-state index >= 15 is 0 Å². The van der Waals surface area contributed by atoms with E-state index in [1.165, 1.54) is 11.3 Å². The minimum atomic E-state index is -3.61. The number of aryl methyl sites for hydroxylation is 2. The molecular weight excluding hydrogens is 328 g/mol. The lowest BCUT2D eigenvalue weighted by atomic mass is 10.2. The number of hydrogen-bond donors (Lipinski definition) is 2. The topological polar surface area (TPSA) is 58.2 Å². The number of benzene rings is 1. The van der Waals surface area contributed by atoms with Gasteiger partial charge in [-0.25, -0.2) is 8.42 Å². The van der Waals surface area contributed by atoms with Gasteiger partial charge in [0.1, 0.15) is 4.90 Å². The molecule has 0 unspecified atom stereocenters. The Morgan fingerprint density at radius 3 is 2.62 bits per heavy atom. The first-order chi connectivity index (χ1) is 9.83. The maximum atomic E-state index is 12.5. The Balaban J connectivity index is 2.36. The SMILES string of the molecule is CNCc1cc(S(=O)(=O)Nc2cc(Cl)ccc2C)c(C)s1. The Morgan fingerprint density at radius 2 is 1.95 bits per heavy atom. The monoisotopic (exact) mass is 344 g/mol. The molecular formula is C14H17ClN2O2S2. The summed E-state index contributed by atoms with van der Waals surface area (Å²) >= 11 is 7.40. The Morgan fingerprint density at radius 1 is 1.24 bits per heavy atom. The largest absolute Gasteiger partial charge is 0.315 e. The maximum Gasteiger partial charge on any atom is 0.263 e. The van der Waals surface area contributed by atoms with Gasteiger partial charge in [-0.15, -0.1) is 11.3 Å². The van der Waals surface area contributed by atoms with Gasteiger partial charge in [0.25, 0.3) is 10.0 Å². The Bertz CT molecular complexity index is 754. The highest BCUT2D eigenvalue weighted by atomic mass is 35.5. The average Bonchev–Trinajstić information content (AvgIpc) is 2.76. The first kappa shape index (κ1) is 16.3. The second-order valence-electron chi connectivity index (χ2n) is 4.73. The molecule has 1 aromatic heterocycles. The third-order valence-corrected chi connectivity index (χ3v) is 5.91. The van der Waals surface area contributed by atoms with Crippen LogP contribution in [0.3, 0.4) is 0 Å². The molecule has 114 valence electrons. The minimum absolute atomic E-state index is 0.317. The number of rotatable bonds is 5. The summed E-state index contributed by atoms with van der Waals surface area (Å²) in [6.45, 7) is 4.29. The molecule has 21 heavy (non-hydrogen) atoms. The number of anilines is 1. The van der Waals surface area contributed by atoms with Gasteiger partial charge in [0.05, 0.1) is 5.69 Å². The Labute approximate surface area is 134 Å². The molecule has 0 radical (unpaired) electrons. The van der Waals surface area contributed by atoms with Crippen molar-refractivity contribution in [1.29, 1.82) is 0 Å². The van der Waals surface area contributed by atoms with Gasteiger partial charge in [0, 0.05) is 21.3 Å². The lowest BCUT2D eigenvalue weighted by Crippen LogP contribution is -2.14. The molecule has 2 N–H and O–H groups in total. The van der Waals surface area contributed by atoms with Gasteiger partial charge < -0.3 is 5.32 Å². The number of nitrogens with one attached hydrogen (secondary N) is 2. The van der Waals surface area contributed by atoms with E-state index in [4.69, 9.17) is 11.6 Å². The molecule has 0 bridgehead atoms. The van der Waals surface area contributed by atoms with Crippen LogP contribution in [0.25, 0.3) is 0 Å². The van der Waals surface area contributed by atoms with Gasteiger partial charge in [-0.1, -0.05) is 17.7 Å². The highest BCUT2D eigenvalue weighted by Gasteiger charge is 2.20. The fraction of sp³-hybridized carbons (Fsp3) is 0.286. The molecule has 0 atom stereocenters. The highest BCUT2D eigenvalue weighted by molar-refractivity contribution is 7.93. The summed E-state index contributed by atoms with van der Waals surface area (Å²) in [5.74, 6) is 0. The van der Waals surface area contributed by atoms with Crippen LogP contribution in [0.1, 0.15) is 15.3 Å². The summed E-state index contributed by atoms with van der Waals surface area (Å²) in [6.07, 6.45) is 0. The van der Waals surface area contributed by atoms with E-state index < -0.39 is 10.0 Å². The zero-order valence-electron chi connectivity index (χ0n) is 12.0. The molecule has 0 saturated heterocycles. The molecule has 0 saturated carbocycles. The van der Waals surface area contributed by atoms with E-state index in [0.717, 1.165) is 15.3 Å². The molecule has 0 aliphatic heterocycles. The lowest BCUT2D eigenvalue weighted by molar-refractivity contribution is 0.601. The Hall–Kier alpha value is -1.08. The molecule has 1 heterocycles. The first-order valence-corrected chi connectivity index (χ1v) is 9.04. The van der Waals surface area contributed by atoms with Crippen molar-refractivity contribution in [2.75, 3.05) is 11.8 Å². The summed E-state index contributed by atoms with van der Waals surface area (Å²) in [5, 5.41) is 3.52. The standard InChI is InChI=1S/C14H17ClN2O2S2/c1-9-4-5-11(15)6-13(9)17-21(18,19)14-7-12(8-16-3)20-10(14)2/h4-7,16-17H,8H2,1-3H3. The van der Waals surface area contributed by atoms with Crippen molar-refractivity contribution in [3.05, 3.63) is 44.6 Å². The van der Waals surface area contributed by atoms with Crippen LogP contribution in [0, 0.1) is 13.8 Å². The van der Waals surface area contributed by atoms with Crippen molar-refractivity contribution in [3.63, 3.8) is 0 Å². The predicted molar refractivity (Wildman–Crippen MR) is 88.8 cm³/mol.